The molecule has 2 bridgehead atoms. The summed E-state index contributed by atoms with van der Waals surface area (Å²) in [5.41, 5.74) is 1.72. The Bertz CT molecular complexity index is 1410. The summed E-state index contributed by atoms with van der Waals surface area (Å²) in [5, 5.41) is 5.33. The lowest BCUT2D eigenvalue weighted by Crippen LogP contribution is -2.44. The molecule has 1 saturated heterocycles. The molecule has 5 rings (SSSR count). The third kappa shape index (κ3) is 5.68. The number of carbonyl (C=O) groups excluding carboxylic acids is 4. The highest BCUT2D eigenvalue weighted by Gasteiger charge is 2.67. The molecule has 2 aliphatic heterocycles. The van der Waals surface area contributed by atoms with Crippen molar-refractivity contribution >= 4 is 34.3 Å². The molecule has 41 heavy (non-hydrogen) atoms. The maximum absolute atomic E-state index is 14.0. The highest BCUT2D eigenvalue weighted by atomic mass is 16.5. The second kappa shape index (κ2) is 11.4. The molecule has 2 fully saturated rings. The number of ketones is 2. The van der Waals surface area contributed by atoms with E-state index in [1.54, 1.807) is 14.5 Å². The topological polar surface area (TPSA) is 102 Å². The Morgan fingerprint density at radius 1 is 1.15 bits per heavy atom. The molecule has 9 nitrogen and oxygen atoms in total. The van der Waals surface area contributed by atoms with Gasteiger partial charge >= 0.3 is 0 Å². The smallest absolute Gasteiger partial charge is 0.245 e. The van der Waals surface area contributed by atoms with Crippen LogP contribution in [0.25, 0.3) is 10.9 Å². The number of allylic oxidation sites excluding steroid dienone is 2. The summed E-state index contributed by atoms with van der Waals surface area (Å²) in [4.78, 5) is 56.2. The Hall–Kier alpha value is -3.49. The number of carbonyl (C=O) groups is 4. The van der Waals surface area contributed by atoms with E-state index >= 15 is 0 Å². The van der Waals surface area contributed by atoms with Crippen LogP contribution >= 0.6 is 0 Å². The molecular weight excluding hydrogens is 520 g/mol. The number of aromatic nitrogens is 2. The molecule has 0 N–H and O–H groups in total. The first-order valence-electron chi connectivity index (χ1n) is 14.9. The first-order valence-corrected chi connectivity index (χ1v) is 14.9. The van der Waals surface area contributed by atoms with Crippen molar-refractivity contribution in [2.75, 3.05) is 20.2 Å². The number of piperidine rings is 1. The predicted molar refractivity (Wildman–Crippen MR) is 156 cm³/mol. The number of rotatable bonds is 6. The largest absolute Gasteiger partial charge is 0.493 e. The zero-order chi connectivity index (χ0) is 29.5. The predicted octanol–water partition coefficient (Wildman–Crippen LogP) is 4.35. The van der Waals surface area contributed by atoms with Gasteiger partial charge in [0.15, 0.2) is 11.6 Å². The van der Waals surface area contributed by atoms with Crippen LogP contribution in [0.4, 0.5) is 0 Å². The van der Waals surface area contributed by atoms with E-state index in [9.17, 15) is 19.2 Å². The SMILES string of the molecule is CCC(=O)[C@@H]1C[C@@]23C[C@H]2N1C(=O)Cn1nc(C(C)=O)c2cc(OCC(C)C)cc(c21)C/C=C/CCCC(=O)N(C)C3. The van der Waals surface area contributed by atoms with Crippen LogP contribution in [0.2, 0.25) is 0 Å². The van der Waals surface area contributed by atoms with Gasteiger partial charge in [0.05, 0.1) is 18.2 Å². The number of Topliss-reactive ketones (excluding diaryl/α,β-unsaturated/α-hetero) is 2. The van der Waals surface area contributed by atoms with E-state index in [1.165, 1.54) is 6.92 Å². The van der Waals surface area contributed by atoms with Gasteiger partial charge in [-0.15, -0.1) is 0 Å². The van der Waals surface area contributed by atoms with Crippen molar-refractivity contribution in [2.24, 2.45) is 11.3 Å². The Morgan fingerprint density at radius 3 is 2.63 bits per heavy atom. The van der Waals surface area contributed by atoms with Gasteiger partial charge in [-0.25, -0.2) is 0 Å². The first kappa shape index (κ1) is 29.0. The third-order valence-corrected chi connectivity index (χ3v) is 8.77. The van der Waals surface area contributed by atoms with Crippen molar-refractivity contribution in [2.45, 2.75) is 91.3 Å². The van der Waals surface area contributed by atoms with E-state index in [1.807, 2.05) is 26.1 Å². The number of hydrogen-bond acceptors (Lipinski definition) is 6. The Kier molecular flexibility index (Phi) is 8.08. The van der Waals surface area contributed by atoms with Crippen LogP contribution in [-0.2, 0) is 27.3 Å². The molecule has 1 aromatic heterocycles. The molecule has 0 unspecified atom stereocenters. The van der Waals surface area contributed by atoms with Crippen LogP contribution in [0.3, 0.4) is 0 Å². The summed E-state index contributed by atoms with van der Waals surface area (Å²) in [6.07, 6.45) is 8.40. The van der Waals surface area contributed by atoms with Crippen LogP contribution in [-0.4, -0.2) is 75.2 Å². The van der Waals surface area contributed by atoms with Gasteiger partial charge in [-0.2, -0.15) is 5.10 Å². The summed E-state index contributed by atoms with van der Waals surface area (Å²) < 4.78 is 7.71. The molecular formula is C32H42N4O5. The van der Waals surface area contributed by atoms with Crippen molar-refractivity contribution in [3.63, 3.8) is 0 Å². The first-order chi connectivity index (χ1) is 19.5. The molecule has 1 aromatic carbocycles. The van der Waals surface area contributed by atoms with Crippen molar-refractivity contribution < 1.29 is 23.9 Å². The number of amides is 2. The number of hydrogen-bond donors (Lipinski definition) is 0. The van der Waals surface area contributed by atoms with Crippen LogP contribution < -0.4 is 4.74 Å². The third-order valence-electron chi connectivity index (χ3n) is 8.77. The molecule has 0 radical (unpaired) electrons. The highest BCUT2D eigenvalue weighted by molar-refractivity contribution is 6.06. The molecule has 220 valence electrons. The molecule has 9 heteroatoms. The van der Waals surface area contributed by atoms with E-state index < -0.39 is 6.04 Å². The normalized spacial score (nSPS) is 25.8. The Balaban J connectivity index is 1.59. The fourth-order valence-corrected chi connectivity index (χ4v) is 6.64. The van der Waals surface area contributed by atoms with Crippen molar-refractivity contribution in [1.29, 1.82) is 0 Å². The Morgan fingerprint density at radius 2 is 1.93 bits per heavy atom. The molecule has 0 spiro atoms. The van der Waals surface area contributed by atoms with Crippen molar-refractivity contribution in [1.82, 2.24) is 19.6 Å². The fourth-order valence-electron chi connectivity index (χ4n) is 6.64. The van der Waals surface area contributed by atoms with Gasteiger partial charge < -0.3 is 14.5 Å². The molecule has 1 saturated carbocycles. The zero-order valence-electron chi connectivity index (χ0n) is 24.9. The van der Waals surface area contributed by atoms with Gasteiger partial charge in [0.25, 0.3) is 0 Å². The summed E-state index contributed by atoms with van der Waals surface area (Å²) in [5.74, 6) is 0.777. The van der Waals surface area contributed by atoms with Crippen LogP contribution in [0.5, 0.6) is 5.75 Å². The van der Waals surface area contributed by atoms with E-state index in [0.717, 1.165) is 30.3 Å². The minimum atomic E-state index is -0.499. The lowest BCUT2D eigenvalue weighted by molar-refractivity contribution is -0.139. The van der Waals surface area contributed by atoms with Crippen LogP contribution in [0.1, 0.15) is 82.3 Å². The highest BCUT2D eigenvalue weighted by Crippen LogP contribution is 2.60. The molecule has 3 heterocycles. The van der Waals surface area contributed by atoms with Crippen molar-refractivity contribution in [3.05, 3.63) is 35.5 Å². The minimum Gasteiger partial charge on any atom is -0.493 e. The number of nitrogens with zero attached hydrogens (tertiary/aromatic N) is 4. The number of benzene rings is 1. The summed E-state index contributed by atoms with van der Waals surface area (Å²) in [6, 6.07) is 3.25. The lowest BCUT2D eigenvalue weighted by atomic mass is 9.95. The standard InChI is InChI=1S/C32H42N4O5/c1-6-26(38)25-15-32-16-27(32)36(25)29(40)17-35-31-22(11-9-7-8-10-12-28(39)34(5)19-32)13-23(41-18-20(2)3)14-24(31)30(33-35)21(4)37/h7,9,13-14,20,25,27H,6,8,10-12,15-19H2,1-5H3/b9-7+/t25-,27+,32-/m0/s1. The maximum atomic E-state index is 14.0. The molecule has 2 amide bonds. The summed E-state index contributed by atoms with van der Waals surface area (Å²) in [6.45, 7) is 8.49. The van der Waals surface area contributed by atoms with Gasteiger partial charge in [-0.1, -0.05) is 32.9 Å². The van der Waals surface area contributed by atoms with E-state index in [4.69, 9.17) is 4.74 Å². The fraction of sp³-hybridized carbons (Fsp3) is 0.594. The van der Waals surface area contributed by atoms with Crippen LogP contribution in [0, 0.1) is 11.3 Å². The second-order valence-electron chi connectivity index (χ2n) is 12.5. The lowest BCUT2D eigenvalue weighted by Gasteiger charge is -2.26. The van der Waals surface area contributed by atoms with E-state index in [-0.39, 0.29) is 41.4 Å². The summed E-state index contributed by atoms with van der Waals surface area (Å²) in [7, 11) is 1.83. The van der Waals surface area contributed by atoms with Gasteiger partial charge in [0.1, 0.15) is 18.0 Å². The minimum absolute atomic E-state index is 0.0424. The maximum Gasteiger partial charge on any atom is 0.245 e. The van der Waals surface area contributed by atoms with Gasteiger partial charge in [-0.3, -0.25) is 23.9 Å². The van der Waals surface area contributed by atoms with E-state index in [0.29, 0.717) is 61.6 Å². The number of ether oxygens (including phenoxy) is 1. The van der Waals surface area contributed by atoms with Crippen LogP contribution in [0.15, 0.2) is 24.3 Å². The van der Waals surface area contributed by atoms with Gasteiger partial charge in [0.2, 0.25) is 11.8 Å². The second-order valence-corrected chi connectivity index (χ2v) is 12.5. The van der Waals surface area contributed by atoms with Crippen molar-refractivity contribution in [3.8, 4) is 5.75 Å². The molecule has 3 atom stereocenters. The van der Waals surface area contributed by atoms with Gasteiger partial charge in [-0.05, 0) is 55.7 Å². The molecule has 2 aromatic rings. The molecule has 3 aliphatic rings. The van der Waals surface area contributed by atoms with Gasteiger partial charge in [0, 0.05) is 50.2 Å². The molecule has 1 aliphatic carbocycles. The zero-order valence-corrected chi connectivity index (χ0v) is 24.9. The quantitative estimate of drug-likeness (QED) is 0.383. The summed E-state index contributed by atoms with van der Waals surface area (Å²) >= 11 is 0. The Labute approximate surface area is 241 Å². The van der Waals surface area contributed by atoms with E-state index in [2.05, 4.69) is 31.1 Å². The monoisotopic (exact) mass is 562 g/mol. The average Bonchev–Trinajstić information content (AvgIpc) is 3.32. The average molecular weight is 563 g/mol.